The van der Waals surface area contributed by atoms with E-state index in [9.17, 15) is 0 Å². The lowest BCUT2D eigenvalue weighted by Gasteiger charge is -2.11. The van der Waals surface area contributed by atoms with Gasteiger partial charge in [0.2, 0.25) is 5.88 Å². The average molecular weight is 347 g/mol. The van der Waals surface area contributed by atoms with Crippen molar-refractivity contribution in [3.8, 4) is 11.6 Å². The van der Waals surface area contributed by atoms with Crippen LogP contribution >= 0.6 is 31.9 Å². The Bertz CT molecular complexity index is 543. The monoisotopic (exact) mass is 345 g/mol. The summed E-state index contributed by atoms with van der Waals surface area (Å²) < 4.78 is 12.3. The topological polar surface area (TPSA) is 31.4 Å². The largest absolute Gasteiger partial charge is 0.495 e. The molecule has 0 bridgehead atoms. The predicted molar refractivity (Wildman–Crippen MR) is 70.2 cm³/mol. The molecule has 0 aliphatic rings. The molecule has 0 saturated carbocycles. The summed E-state index contributed by atoms with van der Waals surface area (Å²) in [6.45, 7) is 0. The van der Waals surface area contributed by atoms with Gasteiger partial charge in [0.15, 0.2) is 0 Å². The number of halogens is 2. The van der Waals surface area contributed by atoms with Crippen LogP contribution in [-0.4, -0.2) is 19.2 Å². The van der Waals surface area contributed by atoms with Gasteiger partial charge in [-0.1, -0.05) is 15.9 Å². The molecule has 2 aromatic rings. The van der Waals surface area contributed by atoms with Crippen molar-refractivity contribution in [3.63, 3.8) is 0 Å². The Morgan fingerprint density at radius 3 is 2.50 bits per heavy atom. The normalized spacial score (nSPS) is 10.5. The maximum absolute atomic E-state index is 5.37. The first-order chi connectivity index (χ1) is 7.67. The van der Waals surface area contributed by atoms with Crippen LogP contribution in [0.15, 0.2) is 27.1 Å². The SMILES string of the molecule is COc1nc2ccc(Br)cc2c(OC)c1Br. The molecule has 0 aliphatic carbocycles. The van der Waals surface area contributed by atoms with Gasteiger partial charge in [0.25, 0.3) is 0 Å². The van der Waals surface area contributed by atoms with Gasteiger partial charge >= 0.3 is 0 Å². The molecule has 0 fully saturated rings. The Balaban J connectivity index is 2.84. The summed E-state index contributed by atoms with van der Waals surface area (Å²) in [7, 11) is 3.21. The number of nitrogens with zero attached hydrogens (tertiary/aromatic N) is 1. The van der Waals surface area contributed by atoms with E-state index in [2.05, 4.69) is 36.8 Å². The van der Waals surface area contributed by atoms with Crippen molar-refractivity contribution in [1.29, 1.82) is 0 Å². The Kier molecular flexibility index (Phi) is 3.35. The van der Waals surface area contributed by atoms with Crippen LogP contribution in [0.2, 0.25) is 0 Å². The number of benzene rings is 1. The molecule has 16 heavy (non-hydrogen) atoms. The van der Waals surface area contributed by atoms with Gasteiger partial charge in [-0.15, -0.1) is 0 Å². The number of pyridine rings is 1. The lowest BCUT2D eigenvalue weighted by atomic mass is 10.2. The highest BCUT2D eigenvalue weighted by atomic mass is 79.9. The maximum Gasteiger partial charge on any atom is 0.232 e. The second-order valence-corrected chi connectivity index (χ2v) is 4.84. The number of ether oxygens (including phenoxy) is 2. The second-order valence-electron chi connectivity index (χ2n) is 3.13. The fourth-order valence-corrected chi connectivity index (χ4v) is 2.48. The third-order valence-electron chi connectivity index (χ3n) is 2.21. The highest BCUT2D eigenvalue weighted by molar-refractivity contribution is 9.11. The Morgan fingerprint density at radius 1 is 1.12 bits per heavy atom. The number of rotatable bonds is 2. The van der Waals surface area contributed by atoms with Crippen LogP contribution in [0, 0.1) is 0 Å². The van der Waals surface area contributed by atoms with Gasteiger partial charge < -0.3 is 9.47 Å². The molecule has 0 saturated heterocycles. The molecule has 5 heteroatoms. The molecule has 0 atom stereocenters. The summed E-state index contributed by atoms with van der Waals surface area (Å²) >= 11 is 6.85. The van der Waals surface area contributed by atoms with E-state index in [-0.39, 0.29) is 0 Å². The zero-order chi connectivity index (χ0) is 11.7. The summed E-state index contributed by atoms with van der Waals surface area (Å²) in [5, 5.41) is 0.935. The van der Waals surface area contributed by atoms with Crippen LogP contribution in [0.3, 0.4) is 0 Å². The quantitative estimate of drug-likeness (QED) is 0.829. The molecular formula is C11H9Br2NO2. The molecule has 0 amide bonds. The van der Waals surface area contributed by atoms with Crippen molar-refractivity contribution in [2.45, 2.75) is 0 Å². The van der Waals surface area contributed by atoms with E-state index in [1.54, 1.807) is 14.2 Å². The minimum atomic E-state index is 0.520. The van der Waals surface area contributed by atoms with Crippen molar-refractivity contribution in [1.82, 2.24) is 4.98 Å². The van der Waals surface area contributed by atoms with Crippen LogP contribution in [0.25, 0.3) is 10.9 Å². The molecule has 3 nitrogen and oxygen atoms in total. The number of hydrogen-bond donors (Lipinski definition) is 0. The van der Waals surface area contributed by atoms with Crippen LogP contribution < -0.4 is 9.47 Å². The Hall–Kier alpha value is -0.810. The molecule has 0 N–H and O–H groups in total. The fourth-order valence-electron chi connectivity index (χ4n) is 1.50. The molecule has 0 spiro atoms. The van der Waals surface area contributed by atoms with E-state index in [0.717, 1.165) is 25.6 Å². The minimum Gasteiger partial charge on any atom is -0.495 e. The standard InChI is InChI=1S/C11H9Br2NO2/c1-15-10-7-5-6(12)3-4-8(7)14-11(16-2)9(10)13/h3-5H,1-2H3. The smallest absolute Gasteiger partial charge is 0.232 e. The molecule has 84 valence electrons. The predicted octanol–water partition coefficient (Wildman–Crippen LogP) is 3.78. The Labute approximate surface area is 110 Å². The van der Waals surface area contributed by atoms with Gasteiger partial charge in [0, 0.05) is 9.86 Å². The minimum absolute atomic E-state index is 0.520. The highest BCUT2D eigenvalue weighted by Gasteiger charge is 2.14. The van der Waals surface area contributed by atoms with E-state index >= 15 is 0 Å². The van der Waals surface area contributed by atoms with E-state index in [4.69, 9.17) is 9.47 Å². The third-order valence-corrected chi connectivity index (χ3v) is 3.40. The van der Waals surface area contributed by atoms with Crippen molar-refractivity contribution in [2.24, 2.45) is 0 Å². The summed E-state index contributed by atoms with van der Waals surface area (Å²) in [4.78, 5) is 4.37. The fraction of sp³-hybridized carbons (Fsp3) is 0.182. The zero-order valence-electron chi connectivity index (χ0n) is 8.75. The van der Waals surface area contributed by atoms with Gasteiger partial charge in [-0.05, 0) is 34.1 Å². The summed E-state index contributed by atoms with van der Waals surface area (Å²) in [5.41, 5.74) is 0.833. The zero-order valence-corrected chi connectivity index (χ0v) is 11.9. The van der Waals surface area contributed by atoms with Crippen molar-refractivity contribution >= 4 is 42.8 Å². The molecule has 0 radical (unpaired) electrons. The first kappa shape index (κ1) is 11.7. The molecule has 1 aromatic heterocycles. The first-order valence-electron chi connectivity index (χ1n) is 4.54. The first-order valence-corrected chi connectivity index (χ1v) is 6.12. The van der Waals surface area contributed by atoms with Crippen molar-refractivity contribution in [2.75, 3.05) is 14.2 Å². The number of fused-ring (bicyclic) bond motifs is 1. The molecule has 1 heterocycles. The van der Waals surface area contributed by atoms with E-state index < -0.39 is 0 Å². The van der Waals surface area contributed by atoms with Gasteiger partial charge in [-0.3, -0.25) is 0 Å². The van der Waals surface area contributed by atoms with E-state index in [1.807, 2.05) is 18.2 Å². The van der Waals surface area contributed by atoms with Crippen LogP contribution in [0.1, 0.15) is 0 Å². The summed E-state index contributed by atoms with van der Waals surface area (Å²) in [6.07, 6.45) is 0. The molecule has 2 rings (SSSR count). The van der Waals surface area contributed by atoms with Gasteiger partial charge in [0.1, 0.15) is 10.2 Å². The van der Waals surface area contributed by atoms with E-state index in [0.29, 0.717) is 5.88 Å². The van der Waals surface area contributed by atoms with Crippen LogP contribution in [0.4, 0.5) is 0 Å². The molecule has 0 aliphatic heterocycles. The van der Waals surface area contributed by atoms with Crippen LogP contribution in [0.5, 0.6) is 11.6 Å². The van der Waals surface area contributed by atoms with Gasteiger partial charge in [0.05, 0.1) is 19.7 Å². The van der Waals surface area contributed by atoms with Crippen LogP contribution in [-0.2, 0) is 0 Å². The lowest BCUT2D eigenvalue weighted by Crippen LogP contribution is -1.94. The highest BCUT2D eigenvalue weighted by Crippen LogP contribution is 2.39. The van der Waals surface area contributed by atoms with Gasteiger partial charge in [-0.25, -0.2) is 4.98 Å². The van der Waals surface area contributed by atoms with Crippen molar-refractivity contribution in [3.05, 3.63) is 27.1 Å². The van der Waals surface area contributed by atoms with Crippen molar-refractivity contribution < 1.29 is 9.47 Å². The summed E-state index contributed by atoms with van der Waals surface area (Å²) in [6, 6.07) is 5.81. The summed E-state index contributed by atoms with van der Waals surface area (Å²) in [5.74, 6) is 1.25. The number of aromatic nitrogens is 1. The lowest BCUT2D eigenvalue weighted by molar-refractivity contribution is 0.381. The van der Waals surface area contributed by atoms with Gasteiger partial charge in [-0.2, -0.15) is 0 Å². The Morgan fingerprint density at radius 2 is 1.88 bits per heavy atom. The second kappa shape index (κ2) is 4.59. The molecule has 0 unspecified atom stereocenters. The number of methoxy groups -OCH3 is 2. The average Bonchev–Trinajstić information content (AvgIpc) is 2.28. The maximum atomic E-state index is 5.37. The molecular weight excluding hydrogens is 338 g/mol. The number of hydrogen-bond acceptors (Lipinski definition) is 3. The third kappa shape index (κ3) is 1.89. The van der Waals surface area contributed by atoms with E-state index in [1.165, 1.54) is 0 Å². The molecule has 1 aromatic carbocycles.